The zero-order valence-corrected chi connectivity index (χ0v) is 12.0. The van der Waals surface area contributed by atoms with Crippen molar-refractivity contribution in [1.29, 1.82) is 0 Å². The summed E-state index contributed by atoms with van der Waals surface area (Å²) < 4.78 is 10.5. The standard InChI is InChI=1S/C17H16N2O2/c1-12-4-3-5-14(10-12)17-18-16(19-21-17)11-13-6-8-15(20-2)9-7-13/h3-10H,11H2,1-2H3. The Morgan fingerprint density at radius 1 is 1.10 bits per heavy atom. The molecular weight excluding hydrogens is 264 g/mol. The highest BCUT2D eigenvalue weighted by atomic mass is 16.5. The predicted octanol–water partition coefficient (Wildman–Crippen LogP) is 3.64. The van der Waals surface area contributed by atoms with Crippen LogP contribution in [0.1, 0.15) is 17.0 Å². The molecular formula is C17H16N2O2. The zero-order chi connectivity index (χ0) is 14.7. The van der Waals surface area contributed by atoms with Gasteiger partial charge in [0.15, 0.2) is 5.82 Å². The molecule has 3 aromatic rings. The summed E-state index contributed by atoms with van der Waals surface area (Å²) in [6.45, 7) is 2.04. The van der Waals surface area contributed by atoms with Gasteiger partial charge in [0, 0.05) is 12.0 Å². The van der Waals surface area contributed by atoms with Gasteiger partial charge in [-0.3, -0.25) is 0 Å². The number of rotatable bonds is 4. The average molecular weight is 280 g/mol. The Morgan fingerprint density at radius 3 is 2.62 bits per heavy atom. The lowest BCUT2D eigenvalue weighted by molar-refractivity contribution is 0.414. The van der Waals surface area contributed by atoms with Gasteiger partial charge in [0.1, 0.15) is 5.75 Å². The van der Waals surface area contributed by atoms with E-state index in [4.69, 9.17) is 9.26 Å². The maximum absolute atomic E-state index is 5.34. The van der Waals surface area contributed by atoms with Crippen molar-refractivity contribution in [2.24, 2.45) is 0 Å². The third-order valence-corrected chi connectivity index (χ3v) is 3.25. The topological polar surface area (TPSA) is 48.2 Å². The van der Waals surface area contributed by atoms with Gasteiger partial charge in [-0.25, -0.2) is 0 Å². The molecule has 0 spiro atoms. The van der Waals surface area contributed by atoms with Crippen LogP contribution in [-0.4, -0.2) is 17.3 Å². The van der Waals surface area contributed by atoms with Gasteiger partial charge in [0.2, 0.25) is 0 Å². The first kappa shape index (κ1) is 13.4. The first-order chi connectivity index (χ1) is 10.2. The van der Waals surface area contributed by atoms with E-state index in [1.807, 2.05) is 55.5 Å². The summed E-state index contributed by atoms with van der Waals surface area (Å²) in [5.74, 6) is 2.08. The largest absolute Gasteiger partial charge is 0.497 e. The van der Waals surface area contributed by atoms with E-state index in [0.29, 0.717) is 18.1 Å². The monoisotopic (exact) mass is 280 g/mol. The summed E-state index contributed by atoms with van der Waals surface area (Å²) in [4.78, 5) is 4.45. The van der Waals surface area contributed by atoms with E-state index >= 15 is 0 Å². The van der Waals surface area contributed by atoms with Crippen LogP contribution in [0, 0.1) is 6.92 Å². The van der Waals surface area contributed by atoms with Crippen molar-refractivity contribution in [2.75, 3.05) is 7.11 Å². The summed E-state index contributed by atoms with van der Waals surface area (Å²) in [7, 11) is 1.66. The lowest BCUT2D eigenvalue weighted by Crippen LogP contribution is -1.91. The number of aromatic nitrogens is 2. The van der Waals surface area contributed by atoms with Crippen LogP contribution in [0.15, 0.2) is 53.1 Å². The molecule has 0 N–H and O–H groups in total. The summed E-state index contributed by atoms with van der Waals surface area (Å²) in [5, 5.41) is 4.04. The van der Waals surface area contributed by atoms with Crippen LogP contribution in [-0.2, 0) is 6.42 Å². The smallest absolute Gasteiger partial charge is 0.257 e. The molecule has 0 atom stereocenters. The van der Waals surface area contributed by atoms with Crippen molar-refractivity contribution in [3.63, 3.8) is 0 Å². The van der Waals surface area contributed by atoms with Gasteiger partial charge in [-0.1, -0.05) is 35.0 Å². The number of benzene rings is 2. The Balaban J connectivity index is 1.78. The van der Waals surface area contributed by atoms with E-state index in [-0.39, 0.29) is 0 Å². The molecule has 0 aliphatic carbocycles. The molecule has 0 fully saturated rings. The second-order valence-electron chi connectivity index (χ2n) is 4.91. The molecule has 0 amide bonds. The van der Waals surface area contributed by atoms with Crippen molar-refractivity contribution in [3.8, 4) is 17.2 Å². The minimum Gasteiger partial charge on any atom is -0.497 e. The molecule has 1 aromatic heterocycles. The van der Waals surface area contributed by atoms with Gasteiger partial charge >= 0.3 is 0 Å². The summed E-state index contributed by atoms with van der Waals surface area (Å²) in [6, 6.07) is 15.9. The normalized spacial score (nSPS) is 10.6. The lowest BCUT2D eigenvalue weighted by Gasteiger charge is -2.00. The summed E-state index contributed by atoms with van der Waals surface area (Å²) in [6.07, 6.45) is 0.638. The maximum atomic E-state index is 5.34. The van der Waals surface area contributed by atoms with Crippen LogP contribution in [0.25, 0.3) is 11.5 Å². The molecule has 2 aromatic carbocycles. The Morgan fingerprint density at radius 2 is 1.90 bits per heavy atom. The van der Waals surface area contributed by atoms with Crippen LogP contribution in [0.3, 0.4) is 0 Å². The van der Waals surface area contributed by atoms with E-state index in [0.717, 1.165) is 16.9 Å². The fourth-order valence-corrected chi connectivity index (χ4v) is 2.15. The van der Waals surface area contributed by atoms with Crippen LogP contribution >= 0.6 is 0 Å². The highest BCUT2D eigenvalue weighted by Crippen LogP contribution is 2.19. The van der Waals surface area contributed by atoms with E-state index < -0.39 is 0 Å². The van der Waals surface area contributed by atoms with Crippen LogP contribution in [0.2, 0.25) is 0 Å². The summed E-state index contributed by atoms with van der Waals surface area (Å²) in [5.41, 5.74) is 3.23. The molecule has 4 nitrogen and oxygen atoms in total. The van der Waals surface area contributed by atoms with E-state index in [9.17, 15) is 0 Å². The van der Waals surface area contributed by atoms with Gasteiger partial charge in [0.25, 0.3) is 5.89 Å². The number of nitrogens with zero attached hydrogens (tertiary/aromatic N) is 2. The Bertz CT molecular complexity index is 733. The highest BCUT2D eigenvalue weighted by Gasteiger charge is 2.09. The molecule has 0 unspecified atom stereocenters. The van der Waals surface area contributed by atoms with Gasteiger partial charge in [-0.05, 0) is 36.8 Å². The van der Waals surface area contributed by atoms with Gasteiger partial charge in [0.05, 0.1) is 7.11 Å². The molecule has 0 aliphatic heterocycles. The molecule has 1 heterocycles. The maximum Gasteiger partial charge on any atom is 0.257 e. The Labute approximate surface area is 123 Å². The molecule has 4 heteroatoms. The molecule has 0 bridgehead atoms. The molecule has 0 saturated heterocycles. The number of aryl methyl sites for hydroxylation is 1. The van der Waals surface area contributed by atoms with Crippen LogP contribution < -0.4 is 4.74 Å². The first-order valence-electron chi connectivity index (χ1n) is 6.77. The van der Waals surface area contributed by atoms with Crippen molar-refractivity contribution < 1.29 is 9.26 Å². The van der Waals surface area contributed by atoms with Gasteiger partial charge < -0.3 is 9.26 Å². The molecule has 0 aliphatic rings. The Kier molecular flexibility index (Phi) is 3.69. The van der Waals surface area contributed by atoms with Crippen molar-refractivity contribution in [1.82, 2.24) is 10.1 Å². The molecule has 106 valence electrons. The van der Waals surface area contributed by atoms with E-state index in [1.165, 1.54) is 5.56 Å². The fourth-order valence-electron chi connectivity index (χ4n) is 2.15. The molecule has 0 radical (unpaired) electrons. The minimum absolute atomic E-state index is 0.558. The lowest BCUT2D eigenvalue weighted by atomic mass is 10.1. The van der Waals surface area contributed by atoms with E-state index in [1.54, 1.807) is 7.11 Å². The highest BCUT2D eigenvalue weighted by molar-refractivity contribution is 5.53. The molecule has 0 saturated carbocycles. The SMILES string of the molecule is COc1ccc(Cc2noc(-c3cccc(C)c3)n2)cc1. The number of ether oxygens (including phenoxy) is 1. The van der Waals surface area contributed by atoms with Gasteiger partial charge in [-0.2, -0.15) is 4.98 Å². The second kappa shape index (κ2) is 5.79. The second-order valence-corrected chi connectivity index (χ2v) is 4.91. The number of methoxy groups -OCH3 is 1. The van der Waals surface area contributed by atoms with Crippen LogP contribution in [0.4, 0.5) is 0 Å². The quantitative estimate of drug-likeness (QED) is 0.732. The summed E-state index contributed by atoms with van der Waals surface area (Å²) >= 11 is 0. The van der Waals surface area contributed by atoms with Gasteiger partial charge in [-0.15, -0.1) is 0 Å². The molecule has 21 heavy (non-hydrogen) atoms. The third kappa shape index (κ3) is 3.11. The molecule has 3 rings (SSSR count). The van der Waals surface area contributed by atoms with Crippen LogP contribution in [0.5, 0.6) is 5.75 Å². The average Bonchev–Trinajstić information content (AvgIpc) is 2.97. The zero-order valence-electron chi connectivity index (χ0n) is 12.0. The number of hydrogen-bond acceptors (Lipinski definition) is 4. The van der Waals surface area contributed by atoms with Crippen molar-refractivity contribution in [2.45, 2.75) is 13.3 Å². The predicted molar refractivity (Wildman–Crippen MR) is 80.3 cm³/mol. The number of hydrogen-bond donors (Lipinski definition) is 0. The van der Waals surface area contributed by atoms with E-state index in [2.05, 4.69) is 10.1 Å². The van der Waals surface area contributed by atoms with Crippen molar-refractivity contribution in [3.05, 3.63) is 65.5 Å². The first-order valence-corrected chi connectivity index (χ1v) is 6.77. The Hall–Kier alpha value is -2.62. The van der Waals surface area contributed by atoms with Crippen molar-refractivity contribution >= 4 is 0 Å². The third-order valence-electron chi connectivity index (χ3n) is 3.25. The minimum atomic E-state index is 0.558. The fraction of sp³-hybridized carbons (Fsp3) is 0.176.